The molecule has 2 aromatic carbocycles. The maximum atomic E-state index is 13.5. The van der Waals surface area contributed by atoms with Crippen LogP contribution in [0.3, 0.4) is 0 Å². The molecule has 0 radical (unpaired) electrons. The molecule has 0 N–H and O–H groups in total. The van der Waals surface area contributed by atoms with E-state index in [1.165, 1.54) is 28.3 Å². The van der Waals surface area contributed by atoms with Crippen LogP contribution in [0.25, 0.3) is 22.2 Å². The Labute approximate surface area is 124 Å². The normalized spacial score (nSPS) is 11.1. The number of hydrogen-bond donors (Lipinski definition) is 0. The Morgan fingerprint density at radius 2 is 1.62 bits per heavy atom. The molecule has 3 rings (SSSR count). The van der Waals surface area contributed by atoms with E-state index in [1.54, 1.807) is 6.07 Å². The van der Waals surface area contributed by atoms with Gasteiger partial charge in [0.25, 0.3) is 0 Å². The molecular formula is C19H19FN+. The van der Waals surface area contributed by atoms with Crippen molar-refractivity contribution in [3.8, 4) is 11.3 Å². The molecule has 0 saturated heterocycles. The lowest BCUT2D eigenvalue weighted by atomic mass is 9.97. The van der Waals surface area contributed by atoms with Gasteiger partial charge in [-0.05, 0) is 56.2 Å². The Morgan fingerprint density at radius 3 is 2.38 bits per heavy atom. The number of nitrogens with zero attached hydrogens (tertiary/aromatic N) is 1. The molecule has 0 atom stereocenters. The number of pyridine rings is 1. The summed E-state index contributed by atoms with van der Waals surface area (Å²) in [7, 11) is 1.99. The molecule has 106 valence electrons. The second kappa shape index (κ2) is 4.96. The molecule has 0 aliphatic rings. The van der Waals surface area contributed by atoms with Gasteiger partial charge in [-0.1, -0.05) is 11.6 Å². The van der Waals surface area contributed by atoms with E-state index < -0.39 is 0 Å². The molecule has 21 heavy (non-hydrogen) atoms. The largest absolute Gasteiger partial charge is 0.215 e. The zero-order valence-electron chi connectivity index (χ0n) is 12.9. The number of benzene rings is 2. The third-order valence-electron chi connectivity index (χ3n) is 4.22. The maximum Gasteiger partial charge on any atom is 0.215 e. The monoisotopic (exact) mass is 280 g/mol. The summed E-state index contributed by atoms with van der Waals surface area (Å²) in [5.74, 6) is -0.201. The van der Waals surface area contributed by atoms with Gasteiger partial charge in [-0.15, -0.1) is 0 Å². The topological polar surface area (TPSA) is 3.88 Å². The number of rotatable bonds is 1. The highest BCUT2D eigenvalue weighted by molar-refractivity contribution is 5.78. The minimum absolute atomic E-state index is 0.201. The second-order valence-electron chi connectivity index (χ2n) is 5.74. The fourth-order valence-electron chi connectivity index (χ4n) is 2.93. The molecule has 0 fully saturated rings. The highest BCUT2D eigenvalue weighted by Crippen LogP contribution is 2.26. The average molecular weight is 280 g/mol. The van der Waals surface area contributed by atoms with Crippen molar-refractivity contribution in [3.05, 3.63) is 65.0 Å². The summed E-state index contributed by atoms with van der Waals surface area (Å²) < 4.78 is 15.6. The van der Waals surface area contributed by atoms with Gasteiger partial charge in [0, 0.05) is 23.1 Å². The van der Waals surface area contributed by atoms with Crippen molar-refractivity contribution in [3.63, 3.8) is 0 Å². The summed E-state index contributed by atoms with van der Waals surface area (Å²) in [6, 6.07) is 13.5. The first kappa shape index (κ1) is 13.7. The molecule has 1 heterocycles. The van der Waals surface area contributed by atoms with Crippen LogP contribution in [0.1, 0.15) is 16.7 Å². The number of hydrogen-bond acceptors (Lipinski definition) is 0. The SMILES string of the molecule is Cc1cc(C)c(C)c(-c2ccc3ccc(F)cc3[n+]2C)c1. The maximum absolute atomic E-state index is 13.5. The molecule has 3 aromatic rings. The number of aromatic nitrogens is 1. The molecule has 0 aliphatic carbocycles. The fraction of sp³-hybridized carbons (Fsp3) is 0.211. The van der Waals surface area contributed by atoms with Gasteiger partial charge in [-0.2, -0.15) is 4.57 Å². The quantitative estimate of drug-likeness (QED) is 0.582. The van der Waals surface area contributed by atoms with E-state index in [0.29, 0.717) is 0 Å². The Hall–Kier alpha value is -2.22. The Kier molecular flexibility index (Phi) is 3.25. The average Bonchev–Trinajstić information content (AvgIpc) is 2.44. The van der Waals surface area contributed by atoms with Crippen LogP contribution in [0.4, 0.5) is 4.39 Å². The third kappa shape index (κ3) is 2.31. The van der Waals surface area contributed by atoms with Gasteiger partial charge in [-0.25, -0.2) is 4.39 Å². The van der Waals surface area contributed by atoms with Crippen LogP contribution in [0.15, 0.2) is 42.5 Å². The van der Waals surface area contributed by atoms with Crippen molar-refractivity contribution < 1.29 is 8.96 Å². The van der Waals surface area contributed by atoms with Gasteiger partial charge >= 0.3 is 0 Å². The minimum atomic E-state index is -0.201. The van der Waals surface area contributed by atoms with Crippen LogP contribution in [0.2, 0.25) is 0 Å². The summed E-state index contributed by atoms with van der Waals surface area (Å²) in [5, 5.41) is 1.05. The first-order chi connectivity index (χ1) is 9.97. The standard InChI is InChI=1S/C19H19FN/c1-12-9-13(2)14(3)17(10-12)18-8-6-15-5-7-16(20)11-19(15)21(18)4/h5-11H,1-4H3/q+1. The van der Waals surface area contributed by atoms with Crippen molar-refractivity contribution in [2.75, 3.05) is 0 Å². The lowest BCUT2D eigenvalue weighted by Gasteiger charge is -2.10. The van der Waals surface area contributed by atoms with Crippen LogP contribution in [0.5, 0.6) is 0 Å². The van der Waals surface area contributed by atoms with Crippen molar-refractivity contribution in [1.82, 2.24) is 0 Å². The van der Waals surface area contributed by atoms with E-state index in [1.807, 2.05) is 13.1 Å². The fourth-order valence-corrected chi connectivity index (χ4v) is 2.93. The van der Waals surface area contributed by atoms with Crippen LogP contribution in [-0.2, 0) is 7.05 Å². The molecule has 0 bridgehead atoms. The smallest absolute Gasteiger partial charge is 0.207 e. The van der Waals surface area contributed by atoms with Gasteiger partial charge in [-0.3, -0.25) is 0 Å². The molecule has 0 amide bonds. The summed E-state index contributed by atoms with van der Waals surface area (Å²) in [5.41, 5.74) is 7.02. The molecule has 2 heteroatoms. The Bertz CT molecular complexity index is 850. The first-order valence-corrected chi connectivity index (χ1v) is 7.14. The first-order valence-electron chi connectivity index (χ1n) is 7.14. The van der Waals surface area contributed by atoms with E-state index in [4.69, 9.17) is 0 Å². The van der Waals surface area contributed by atoms with Crippen molar-refractivity contribution >= 4 is 10.9 Å². The van der Waals surface area contributed by atoms with Gasteiger partial charge in [0.05, 0.1) is 0 Å². The molecule has 0 saturated carbocycles. The van der Waals surface area contributed by atoms with Crippen LogP contribution < -0.4 is 4.57 Å². The van der Waals surface area contributed by atoms with E-state index in [2.05, 4.69) is 49.6 Å². The van der Waals surface area contributed by atoms with Crippen molar-refractivity contribution in [2.24, 2.45) is 7.05 Å². The second-order valence-corrected chi connectivity index (χ2v) is 5.74. The van der Waals surface area contributed by atoms with Gasteiger partial charge < -0.3 is 0 Å². The summed E-state index contributed by atoms with van der Waals surface area (Å²) >= 11 is 0. The number of halogens is 1. The third-order valence-corrected chi connectivity index (χ3v) is 4.22. The lowest BCUT2D eigenvalue weighted by molar-refractivity contribution is -0.633. The van der Waals surface area contributed by atoms with Gasteiger partial charge in [0.2, 0.25) is 11.2 Å². The highest BCUT2D eigenvalue weighted by Gasteiger charge is 2.17. The van der Waals surface area contributed by atoms with Gasteiger partial charge in [0.1, 0.15) is 12.9 Å². The predicted octanol–water partition coefficient (Wildman–Crippen LogP) is 4.40. The van der Waals surface area contributed by atoms with E-state index in [-0.39, 0.29) is 5.82 Å². The molecule has 0 aliphatic heterocycles. The minimum Gasteiger partial charge on any atom is -0.207 e. The Balaban J connectivity index is 2.33. The summed E-state index contributed by atoms with van der Waals surface area (Å²) in [4.78, 5) is 0. The van der Waals surface area contributed by atoms with Crippen molar-refractivity contribution in [2.45, 2.75) is 20.8 Å². The molecule has 1 nitrogen and oxygen atoms in total. The zero-order chi connectivity index (χ0) is 15.1. The molecule has 1 aromatic heterocycles. The van der Waals surface area contributed by atoms with Crippen LogP contribution >= 0.6 is 0 Å². The molecular weight excluding hydrogens is 261 g/mol. The summed E-state index contributed by atoms with van der Waals surface area (Å²) in [6.07, 6.45) is 0. The zero-order valence-corrected chi connectivity index (χ0v) is 12.9. The summed E-state index contributed by atoms with van der Waals surface area (Å²) in [6.45, 7) is 6.38. The van der Waals surface area contributed by atoms with Crippen LogP contribution in [0, 0.1) is 26.6 Å². The molecule has 0 spiro atoms. The van der Waals surface area contributed by atoms with E-state index >= 15 is 0 Å². The van der Waals surface area contributed by atoms with Gasteiger partial charge in [0.15, 0.2) is 0 Å². The van der Waals surface area contributed by atoms with E-state index in [9.17, 15) is 4.39 Å². The van der Waals surface area contributed by atoms with Crippen LogP contribution in [-0.4, -0.2) is 0 Å². The molecule has 0 unspecified atom stereocenters. The highest BCUT2D eigenvalue weighted by atomic mass is 19.1. The number of aryl methyl sites for hydroxylation is 3. The predicted molar refractivity (Wildman–Crippen MR) is 84.7 cm³/mol. The van der Waals surface area contributed by atoms with E-state index in [0.717, 1.165) is 16.6 Å². The van der Waals surface area contributed by atoms with Crippen molar-refractivity contribution in [1.29, 1.82) is 0 Å². The number of fused-ring (bicyclic) bond motifs is 1. The lowest BCUT2D eigenvalue weighted by Crippen LogP contribution is -2.32. The Morgan fingerprint density at radius 1 is 0.905 bits per heavy atom.